The van der Waals surface area contributed by atoms with Crippen molar-refractivity contribution in [2.75, 3.05) is 6.61 Å². The third kappa shape index (κ3) is 9.45. The van der Waals surface area contributed by atoms with Gasteiger partial charge in [-0.3, -0.25) is 0 Å². The van der Waals surface area contributed by atoms with E-state index in [1.54, 1.807) is 0 Å². The van der Waals surface area contributed by atoms with E-state index in [0.717, 1.165) is 12.8 Å². The minimum absolute atomic E-state index is 0.340. The first kappa shape index (κ1) is 17.0. The average Bonchev–Trinajstić information content (AvgIpc) is 3.16. The molecule has 1 fully saturated rings. The van der Waals surface area contributed by atoms with E-state index in [-0.39, 0.29) is 0 Å². The summed E-state index contributed by atoms with van der Waals surface area (Å²) in [5.41, 5.74) is 0. The number of epoxide rings is 1. The van der Waals surface area contributed by atoms with Crippen molar-refractivity contribution in [1.82, 2.24) is 0 Å². The summed E-state index contributed by atoms with van der Waals surface area (Å²) in [5, 5.41) is 8.70. The number of aliphatic hydroxyl groups excluding tert-OH is 1. The summed E-state index contributed by atoms with van der Waals surface area (Å²) >= 11 is 0. The molecule has 0 amide bonds. The molecule has 1 saturated heterocycles. The van der Waals surface area contributed by atoms with Crippen molar-refractivity contribution in [3.8, 4) is 0 Å². The molecule has 0 saturated carbocycles. The van der Waals surface area contributed by atoms with Crippen LogP contribution in [0.15, 0.2) is 0 Å². The first-order valence-electron chi connectivity index (χ1n) is 8.64. The summed E-state index contributed by atoms with van der Waals surface area (Å²) in [7, 11) is 0. The molecule has 2 unspecified atom stereocenters. The van der Waals surface area contributed by atoms with Crippen LogP contribution in [0.25, 0.3) is 0 Å². The van der Waals surface area contributed by atoms with Crippen LogP contribution >= 0.6 is 0 Å². The highest BCUT2D eigenvalue weighted by Gasteiger charge is 2.36. The summed E-state index contributed by atoms with van der Waals surface area (Å²) < 4.78 is 5.69. The van der Waals surface area contributed by atoms with E-state index in [9.17, 15) is 0 Å². The fraction of sp³-hybridized carbons (Fsp3) is 1.00. The number of unbranched alkanes of at least 4 members (excludes halogenated alkanes) is 9. The molecule has 2 atom stereocenters. The van der Waals surface area contributed by atoms with E-state index < -0.39 is 0 Å². The minimum Gasteiger partial charge on any atom is -0.396 e. The lowest BCUT2D eigenvalue weighted by Gasteiger charge is -2.00. The number of hydrogen-bond donors (Lipinski definition) is 1. The van der Waals surface area contributed by atoms with Crippen LogP contribution in [0.5, 0.6) is 0 Å². The van der Waals surface area contributed by atoms with Crippen molar-refractivity contribution >= 4 is 0 Å². The number of rotatable bonds is 14. The van der Waals surface area contributed by atoms with E-state index >= 15 is 0 Å². The van der Waals surface area contributed by atoms with Gasteiger partial charge in [-0.2, -0.15) is 0 Å². The van der Waals surface area contributed by atoms with Gasteiger partial charge in [-0.15, -0.1) is 0 Å². The number of aliphatic hydroxyl groups is 1. The molecule has 0 radical (unpaired) electrons. The third-order valence-electron chi connectivity index (χ3n) is 4.18. The van der Waals surface area contributed by atoms with Gasteiger partial charge >= 0.3 is 0 Å². The maximum atomic E-state index is 8.70. The van der Waals surface area contributed by atoms with Crippen LogP contribution in [0.3, 0.4) is 0 Å². The van der Waals surface area contributed by atoms with Gasteiger partial charge in [-0.05, 0) is 19.3 Å². The van der Waals surface area contributed by atoms with Gasteiger partial charge in [0.25, 0.3) is 0 Å². The number of ether oxygens (including phenoxy) is 1. The summed E-state index contributed by atoms with van der Waals surface area (Å²) in [5.74, 6) is 0. The lowest BCUT2D eigenvalue weighted by atomic mass is 10.0. The molecule has 1 N–H and O–H groups in total. The summed E-state index contributed by atoms with van der Waals surface area (Å²) in [6.45, 7) is 2.61. The van der Waals surface area contributed by atoms with Crippen molar-refractivity contribution < 1.29 is 9.84 Å². The van der Waals surface area contributed by atoms with Crippen molar-refractivity contribution in [3.63, 3.8) is 0 Å². The van der Waals surface area contributed by atoms with Crippen LogP contribution in [0.1, 0.15) is 90.4 Å². The Labute approximate surface area is 119 Å². The van der Waals surface area contributed by atoms with Crippen LogP contribution in [0.2, 0.25) is 0 Å². The number of hydrogen-bond acceptors (Lipinski definition) is 2. The largest absolute Gasteiger partial charge is 0.396 e. The fourth-order valence-electron chi connectivity index (χ4n) is 2.80. The van der Waals surface area contributed by atoms with Crippen LogP contribution in [-0.2, 0) is 4.74 Å². The average molecular weight is 270 g/mol. The maximum absolute atomic E-state index is 8.70. The van der Waals surface area contributed by atoms with Crippen LogP contribution in [0, 0.1) is 0 Å². The molecule has 0 aromatic rings. The highest BCUT2D eigenvalue weighted by atomic mass is 16.6. The second kappa shape index (κ2) is 11.7. The molecule has 0 aromatic carbocycles. The van der Waals surface area contributed by atoms with Crippen molar-refractivity contribution in [3.05, 3.63) is 0 Å². The molecule has 1 heterocycles. The van der Waals surface area contributed by atoms with Gasteiger partial charge in [0.1, 0.15) is 0 Å². The molecular weight excluding hydrogens is 236 g/mol. The highest BCUT2D eigenvalue weighted by Crippen LogP contribution is 2.31. The van der Waals surface area contributed by atoms with Crippen LogP contribution in [-0.4, -0.2) is 23.9 Å². The van der Waals surface area contributed by atoms with Gasteiger partial charge in [0, 0.05) is 6.61 Å². The quantitative estimate of drug-likeness (QED) is 0.362. The fourth-order valence-corrected chi connectivity index (χ4v) is 2.80. The molecule has 1 rings (SSSR count). The first-order valence-corrected chi connectivity index (χ1v) is 8.64. The Balaban J connectivity index is 1.74. The maximum Gasteiger partial charge on any atom is 0.0841 e. The second-order valence-electron chi connectivity index (χ2n) is 6.05. The molecule has 1 aliphatic rings. The summed E-state index contributed by atoms with van der Waals surface area (Å²) in [6.07, 6.45) is 18.2. The van der Waals surface area contributed by atoms with Crippen LogP contribution < -0.4 is 0 Å². The Morgan fingerprint density at radius 1 is 0.684 bits per heavy atom. The van der Waals surface area contributed by atoms with Crippen LogP contribution in [0.4, 0.5) is 0 Å². The third-order valence-corrected chi connectivity index (χ3v) is 4.18. The first-order chi connectivity index (χ1) is 9.38. The zero-order valence-corrected chi connectivity index (χ0v) is 12.9. The van der Waals surface area contributed by atoms with E-state index in [4.69, 9.17) is 9.84 Å². The van der Waals surface area contributed by atoms with E-state index in [1.807, 2.05) is 0 Å². The van der Waals surface area contributed by atoms with Gasteiger partial charge in [-0.1, -0.05) is 71.1 Å². The second-order valence-corrected chi connectivity index (χ2v) is 6.05. The zero-order chi connectivity index (χ0) is 13.8. The van der Waals surface area contributed by atoms with E-state index in [2.05, 4.69) is 6.92 Å². The van der Waals surface area contributed by atoms with Gasteiger partial charge < -0.3 is 9.84 Å². The Kier molecular flexibility index (Phi) is 10.5. The topological polar surface area (TPSA) is 32.8 Å². The molecule has 0 aromatic heterocycles. The molecule has 2 nitrogen and oxygen atoms in total. The smallest absolute Gasteiger partial charge is 0.0841 e. The monoisotopic (exact) mass is 270 g/mol. The van der Waals surface area contributed by atoms with E-state index in [0.29, 0.717) is 18.8 Å². The molecule has 2 heteroatoms. The predicted octanol–water partition coefficient (Wildman–Crippen LogP) is 4.84. The predicted molar refractivity (Wildman–Crippen MR) is 81.4 cm³/mol. The van der Waals surface area contributed by atoms with Gasteiger partial charge in [-0.25, -0.2) is 0 Å². The Morgan fingerprint density at radius 3 is 1.68 bits per heavy atom. The molecule has 1 aliphatic heterocycles. The molecule has 19 heavy (non-hydrogen) atoms. The standard InChI is InChI=1S/C17H34O2/c1-2-3-4-5-6-7-8-10-13-16-17(19-16)14-11-9-12-15-18/h16-18H,2-15H2,1H3. The van der Waals surface area contributed by atoms with Gasteiger partial charge in [0.15, 0.2) is 0 Å². The SMILES string of the molecule is CCCCCCCCCCC1OC1CCCCCO. The molecular formula is C17H34O2. The minimum atomic E-state index is 0.340. The Bertz CT molecular complexity index is 194. The van der Waals surface area contributed by atoms with Gasteiger partial charge in [0.05, 0.1) is 12.2 Å². The van der Waals surface area contributed by atoms with Crippen molar-refractivity contribution in [2.24, 2.45) is 0 Å². The van der Waals surface area contributed by atoms with Gasteiger partial charge in [0.2, 0.25) is 0 Å². The highest BCUT2D eigenvalue weighted by molar-refractivity contribution is 4.84. The molecule has 0 spiro atoms. The molecule has 0 aliphatic carbocycles. The van der Waals surface area contributed by atoms with Crippen molar-refractivity contribution in [2.45, 2.75) is 103 Å². The Morgan fingerprint density at radius 2 is 1.16 bits per heavy atom. The van der Waals surface area contributed by atoms with Crippen molar-refractivity contribution in [1.29, 1.82) is 0 Å². The lowest BCUT2D eigenvalue weighted by Crippen LogP contribution is -1.95. The summed E-state index contributed by atoms with van der Waals surface area (Å²) in [4.78, 5) is 0. The van der Waals surface area contributed by atoms with E-state index in [1.165, 1.54) is 70.6 Å². The normalized spacial score (nSPS) is 21.8. The molecule has 114 valence electrons. The molecule has 0 bridgehead atoms. The zero-order valence-electron chi connectivity index (χ0n) is 12.9. The summed E-state index contributed by atoms with van der Waals surface area (Å²) in [6, 6.07) is 0. The lowest BCUT2D eigenvalue weighted by molar-refractivity contribution is 0.280. The Hall–Kier alpha value is -0.0800.